The fraction of sp³-hybridized carbons (Fsp3) is 0.100. The van der Waals surface area contributed by atoms with Crippen molar-refractivity contribution in [1.82, 2.24) is 4.57 Å². The lowest BCUT2D eigenvalue weighted by Crippen LogP contribution is -2.15. The van der Waals surface area contributed by atoms with Crippen molar-refractivity contribution in [3.8, 4) is 12.3 Å². The van der Waals surface area contributed by atoms with Crippen LogP contribution in [0.3, 0.4) is 0 Å². The molecule has 0 bridgehead atoms. The first-order valence-electron chi connectivity index (χ1n) is 7.52. The van der Waals surface area contributed by atoms with Crippen LogP contribution in [-0.2, 0) is 11.3 Å². The number of aryl methyl sites for hydroxylation is 1. The number of thiazole rings is 1. The molecule has 0 fully saturated rings. The van der Waals surface area contributed by atoms with Crippen molar-refractivity contribution in [2.75, 3.05) is 0 Å². The van der Waals surface area contributed by atoms with Gasteiger partial charge in [-0.15, -0.1) is 6.42 Å². The molecule has 0 aliphatic heterocycles. The zero-order chi connectivity index (χ0) is 16.9. The largest absolute Gasteiger partial charge is 0.305 e. The Balaban J connectivity index is 2.00. The number of carbonyl (C=O) groups is 1. The molecule has 2 aromatic carbocycles. The van der Waals surface area contributed by atoms with Gasteiger partial charge in [0.05, 0.1) is 16.8 Å². The van der Waals surface area contributed by atoms with Crippen LogP contribution in [-0.4, -0.2) is 10.5 Å². The number of hydrogen-bond donors (Lipinski definition) is 0. The average Bonchev–Trinajstić information content (AvgIpc) is 2.91. The summed E-state index contributed by atoms with van der Waals surface area (Å²) >= 11 is 1.47. The Morgan fingerprint density at radius 3 is 2.83 bits per heavy atom. The molecule has 1 heterocycles. The SMILES string of the molecule is C#CCn1c(=NC(=O)C=Cc2ccccc2)sc2cc(C)ccc21. The molecule has 3 rings (SSSR count). The van der Waals surface area contributed by atoms with Crippen LogP contribution in [0.25, 0.3) is 16.3 Å². The molecule has 24 heavy (non-hydrogen) atoms. The maximum atomic E-state index is 12.2. The smallest absolute Gasteiger partial charge is 0.272 e. The summed E-state index contributed by atoms with van der Waals surface area (Å²) in [7, 11) is 0. The van der Waals surface area contributed by atoms with Crippen LogP contribution in [0.1, 0.15) is 11.1 Å². The van der Waals surface area contributed by atoms with Crippen LogP contribution in [0.2, 0.25) is 0 Å². The van der Waals surface area contributed by atoms with Gasteiger partial charge in [-0.2, -0.15) is 4.99 Å². The van der Waals surface area contributed by atoms with Gasteiger partial charge in [-0.25, -0.2) is 0 Å². The molecule has 1 amide bonds. The molecular formula is C20H16N2OS. The predicted octanol–water partition coefficient (Wildman–Crippen LogP) is 3.79. The molecule has 3 aromatic rings. The minimum atomic E-state index is -0.298. The number of amides is 1. The number of carbonyl (C=O) groups excluding carboxylic acids is 1. The maximum Gasteiger partial charge on any atom is 0.272 e. The van der Waals surface area contributed by atoms with E-state index in [0.717, 1.165) is 15.8 Å². The summed E-state index contributed by atoms with van der Waals surface area (Å²) in [4.78, 5) is 17.0. The number of benzene rings is 2. The predicted molar refractivity (Wildman–Crippen MR) is 99.4 cm³/mol. The molecule has 4 heteroatoms. The molecule has 0 aliphatic carbocycles. The Bertz CT molecular complexity index is 1020. The highest BCUT2D eigenvalue weighted by Gasteiger charge is 2.06. The summed E-state index contributed by atoms with van der Waals surface area (Å²) in [6.45, 7) is 2.42. The topological polar surface area (TPSA) is 34.4 Å². The van der Waals surface area contributed by atoms with Crippen molar-refractivity contribution in [1.29, 1.82) is 0 Å². The van der Waals surface area contributed by atoms with Gasteiger partial charge < -0.3 is 4.57 Å². The van der Waals surface area contributed by atoms with E-state index in [1.807, 2.05) is 54.0 Å². The van der Waals surface area contributed by atoms with Crippen molar-refractivity contribution >= 4 is 33.5 Å². The number of rotatable bonds is 3. The van der Waals surface area contributed by atoms with Gasteiger partial charge in [0.25, 0.3) is 5.91 Å². The molecule has 0 radical (unpaired) electrons. The van der Waals surface area contributed by atoms with Gasteiger partial charge in [-0.3, -0.25) is 4.79 Å². The van der Waals surface area contributed by atoms with Gasteiger partial charge >= 0.3 is 0 Å². The van der Waals surface area contributed by atoms with Crippen molar-refractivity contribution in [2.45, 2.75) is 13.5 Å². The zero-order valence-corrected chi connectivity index (χ0v) is 14.1. The number of aromatic nitrogens is 1. The quantitative estimate of drug-likeness (QED) is 0.531. The lowest BCUT2D eigenvalue weighted by atomic mass is 10.2. The van der Waals surface area contributed by atoms with Crippen LogP contribution in [0, 0.1) is 19.3 Å². The summed E-state index contributed by atoms with van der Waals surface area (Å²) in [5, 5.41) is 0. The van der Waals surface area contributed by atoms with E-state index in [9.17, 15) is 4.79 Å². The van der Waals surface area contributed by atoms with E-state index in [-0.39, 0.29) is 5.91 Å². The third-order valence-corrected chi connectivity index (χ3v) is 4.55. The third kappa shape index (κ3) is 3.53. The highest BCUT2D eigenvalue weighted by atomic mass is 32.1. The number of nitrogens with zero attached hydrogens (tertiary/aromatic N) is 2. The number of fused-ring (bicyclic) bond motifs is 1. The van der Waals surface area contributed by atoms with Crippen LogP contribution in [0.4, 0.5) is 0 Å². The first kappa shape index (κ1) is 16.0. The van der Waals surface area contributed by atoms with Crippen molar-refractivity contribution in [3.63, 3.8) is 0 Å². The fourth-order valence-corrected chi connectivity index (χ4v) is 3.51. The molecule has 0 unspecified atom stereocenters. The van der Waals surface area contributed by atoms with E-state index in [4.69, 9.17) is 6.42 Å². The van der Waals surface area contributed by atoms with E-state index in [1.54, 1.807) is 6.08 Å². The van der Waals surface area contributed by atoms with Gasteiger partial charge in [0, 0.05) is 6.08 Å². The number of hydrogen-bond acceptors (Lipinski definition) is 2. The molecule has 3 nitrogen and oxygen atoms in total. The molecule has 0 saturated heterocycles. The van der Waals surface area contributed by atoms with E-state index < -0.39 is 0 Å². The molecule has 0 atom stereocenters. The average molecular weight is 332 g/mol. The summed E-state index contributed by atoms with van der Waals surface area (Å²) in [5.41, 5.74) is 3.13. The Morgan fingerprint density at radius 1 is 1.29 bits per heavy atom. The maximum absolute atomic E-state index is 12.2. The standard InChI is InChI=1S/C20H16N2OS/c1-3-13-22-17-11-9-15(2)14-18(17)24-20(22)21-19(23)12-10-16-7-5-4-6-8-16/h1,4-12,14H,13H2,2H3. The molecule has 1 aromatic heterocycles. The fourth-order valence-electron chi connectivity index (χ4n) is 2.37. The molecule has 0 saturated carbocycles. The minimum Gasteiger partial charge on any atom is -0.305 e. The number of terminal acetylenes is 1. The highest BCUT2D eigenvalue weighted by Crippen LogP contribution is 2.18. The van der Waals surface area contributed by atoms with Gasteiger partial charge in [-0.05, 0) is 36.3 Å². The zero-order valence-electron chi connectivity index (χ0n) is 13.3. The van der Waals surface area contributed by atoms with E-state index in [1.165, 1.54) is 23.0 Å². The molecular weight excluding hydrogens is 316 g/mol. The van der Waals surface area contributed by atoms with Gasteiger partial charge in [0.2, 0.25) is 0 Å². The summed E-state index contributed by atoms with van der Waals surface area (Å²) in [5.74, 6) is 2.33. The van der Waals surface area contributed by atoms with E-state index in [0.29, 0.717) is 11.3 Å². The second-order valence-corrected chi connectivity index (χ2v) is 6.35. The Morgan fingerprint density at radius 2 is 2.08 bits per heavy atom. The van der Waals surface area contributed by atoms with Crippen LogP contribution in [0.5, 0.6) is 0 Å². The molecule has 0 spiro atoms. The summed E-state index contributed by atoms with van der Waals surface area (Å²) in [6, 6.07) is 15.8. The van der Waals surface area contributed by atoms with Gasteiger partial charge in [0.1, 0.15) is 0 Å². The van der Waals surface area contributed by atoms with Gasteiger partial charge in [0.15, 0.2) is 4.80 Å². The molecule has 0 N–H and O–H groups in total. The Labute approximate surface area is 144 Å². The lowest BCUT2D eigenvalue weighted by Gasteiger charge is -1.99. The Hall–Kier alpha value is -2.90. The summed E-state index contributed by atoms with van der Waals surface area (Å²) < 4.78 is 2.97. The first-order chi connectivity index (χ1) is 11.7. The van der Waals surface area contributed by atoms with Gasteiger partial charge in [-0.1, -0.05) is 53.7 Å². The normalized spacial score (nSPS) is 11.9. The van der Waals surface area contributed by atoms with Crippen molar-refractivity contribution in [3.05, 3.63) is 70.5 Å². The second-order valence-electron chi connectivity index (χ2n) is 5.34. The van der Waals surface area contributed by atoms with E-state index in [2.05, 4.69) is 17.0 Å². The van der Waals surface area contributed by atoms with Crippen LogP contribution >= 0.6 is 11.3 Å². The van der Waals surface area contributed by atoms with Crippen LogP contribution in [0.15, 0.2) is 59.6 Å². The lowest BCUT2D eigenvalue weighted by molar-refractivity contribution is -0.113. The molecule has 0 aliphatic rings. The van der Waals surface area contributed by atoms with Crippen molar-refractivity contribution < 1.29 is 4.79 Å². The highest BCUT2D eigenvalue weighted by molar-refractivity contribution is 7.16. The second kappa shape index (κ2) is 7.12. The molecule has 118 valence electrons. The van der Waals surface area contributed by atoms with Crippen molar-refractivity contribution in [2.24, 2.45) is 4.99 Å². The minimum absolute atomic E-state index is 0.298. The summed E-state index contributed by atoms with van der Waals surface area (Å²) in [6.07, 6.45) is 8.70. The van der Waals surface area contributed by atoms with Crippen LogP contribution < -0.4 is 4.80 Å². The Kier molecular flexibility index (Phi) is 4.74. The monoisotopic (exact) mass is 332 g/mol. The first-order valence-corrected chi connectivity index (χ1v) is 8.34. The third-order valence-electron chi connectivity index (χ3n) is 3.51. The van der Waals surface area contributed by atoms with E-state index >= 15 is 0 Å².